The third-order valence-corrected chi connectivity index (χ3v) is 6.98. The van der Waals surface area contributed by atoms with Crippen molar-refractivity contribution in [2.75, 3.05) is 31.3 Å². The average Bonchev–Trinajstić information content (AvgIpc) is 3.29. The van der Waals surface area contributed by atoms with Crippen molar-refractivity contribution < 1.29 is 4.79 Å². The zero-order valence-electron chi connectivity index (χ0n) is 20.2. The van der Waals surface area contributed by atoms with Gasteiger partial charge in [0.15, 0.2) is 0 Å². The van der Waals surface area contributed by atoms with Crippen LogP contribution in [0.4, 0.5) is 9.80 Å². The van der Waals surface area contributed by atoms with Gasteiger partial charge in [-0.05, 0) is 29.6 Å². The quantitative estimate of drug-likeness (QED) is 0.404. The largest absolute Gasteiger partial charge is 0.327 e. The Kier molecular flexibility index (Phi) is 7.87. The van der Waals surface area contributed by atoms with Crippen molar-refractivity contribution in [1.29, 1.82) is 0 Å². The van der Waals surface area contributed by atoms with Crippen molar-refractivity contribution in [3.63, 3.8) is 0 Å². The Labute approximate surface area is 212 Å². The highest BCUT2D eigenvalue weighted by Crippen LogP contribution is 2.40. The zero-order chi connectivity index (χ0) is 24.8. The number of anilines is 1. The first-order valence-electron chi connectivity index (χ1n) is 11.8. The summed E-state index contributed by atoms with van der Waals surface area (Å²) >= 11 is 1.38. The van der Waals surface area contributed by atoms with Gasteiger partial charge < -0.3 is 4.90 Å². The van der Waals surface area contributed by atoms with Gasteiger partial charge in [-0.2, -0.15) is 4.37 Å². The maximum Gasteiger partial charge on any atom is 0.327 e. The zero-order valence-corrected chi connectivity index (χ0v) is 21.0. The molecule has 4 rings (SSSR count). The fourth-order valence-electron chi connectivity index (χ4n) is 4.31. The van der Waals surface area contributed by atoms with Gasteiger partial charge in [-0.25, -0.2) is 4.79 Å². The fourth-order valence-corrected chi connectivity index (χ4v) is 5.22. The summed E-state index contributed by atoms with van der Waals surface area (Å²) in [6, 6.07) is 20.4. The number of rotatable bonds is 8. The fraction of sp³-hybridized carbons (Fsp3) is 0.310. The first kappa shape index (κ1) is 24.5. The summed E-state index contributed by atoms with van der Waals surface area (Å²) in [5, 5.41) is 0.851. The highest BCUT2D eigenvalue weighted by Gasteiger charge is 2.35. The maximum atomic E-state index is 13.7. The van der Waals surface area contributed by atoms with Crippen LogP contribution in [0.25, 0.3) is 11.1 Å². The van der Waals surface area contributed by atoms with E-state index in [9.17, 15) is 4.79 Å². The molecular formula is C29H30N4OS. The normalized spacial score (nSPS) is 15.9. The molecule has 2 heterocycles. The number of carbonyl (C=O) groups is 1. The summed E-state index contributed by atoms with van der Waals surface area (Å²) in [5.41, 5.74) is 4.20. The van der Waals surface area contributed by atoms with Crippen LogP contribution in [0, 0.1) is 36.5 Å². The number of nitrogens with zero attached hydrogens (tertiary/aromatic N) is 4. The van der Waals surface area contributed by atoms with E-state index in [1.165, 1.54) is 17.1 Å². The monoisotopic (exact) mass is 482 g/mol. The summed E-state index contributed by atoms with van der Waals surface area (Å²) < 4.78 is 4.85. The number of carbonyl (C=O) groups excluding carboxylic acids is 1. The van der Waals surface area contributed by atoms with Crippen molar-refractivity contribution in [2.45, 2.75) is 20.3 Å². The standard InChI is InChI=1S/C29H30N4OS/c1-5-22(3)18-31-20-32(19-23(4)6-2)29(34)33(21-31)28-27(25-15-11-8-12-16-25)26(30-35-28)17-24-13-9-7-10-14-24/h1-2,7-16,22-23H,17-21H2,3-4H3. The highest BCUT2D eigenvalue weighted by molar-refractivity contribution is 7.11. The van der Waals surface area contributed by atoms with E-state index in [0.29, 0.717) is 32.8 Å². The molecule has 0 radical (unpaired) electrons. The Morgan fingerprint density at radius 1 is 0.943 bits per heavy atom. The summed E-state index contributed by atoms with van der Waals surface area (Å²) in [5.74, 6) is 5.58. The Morgan fingerprint density at radius 2 is 1.57 bits per heavy atom. The second-order valence-electron chi connectivity index (χ2n) is 9.04. The van der Waals surface area contributed by atoms with Crippen LogP contribution in [0.2, 0.25) is 0 Å². The lowest BCUT2D eigenvalue weighted by Crippen LogP contribution is -2.59. The first-order valence-corrected chi connectivity index (χ1v) is 12.6. The Hall–Kier alpha value is -3.58. The van der Waals surface area contributed by atoms with E-state index < -0.39 is 0 Å². The number of urea groups is 1. The molecule has 1 aliphatic rings. The average molecular weight is 483 g/mol. The van der Waals surface area contributed by atoms with E-state index in [-0.39, 0.29) is 17.9 Å². The van der Waals surface area contributed by atoms with Crippen molar-refractivity contribution in [3.05, 3.63) is 71.9 Å². The molecule has 1 aliphatic heterocycles. The third kappa shape index (κ3) is 5.74. The Morgan fingerprint density at radius 3 is 2.23 bits per heavy atom. The number of amides is 2. The van der Waals surface area contributed by atoms with Gasteiger partial charge in [-0.15, -0.1) is 24.7 Å². The number of aromatic nitrogens is 1. The molecule has 3 aromatic rings. The van der Waals surface area contributed by atoms with Crippen LogP contribution >= 0.6 is 11.5 Å². The molecule has 0 saturated carbocycles. The summed E-state index contributed by atoms with van der Waals surface area (Å²) in [7, 11) is 0. The molecule has 2 amide bonds. The molecule has 35 heavy (non-hydrogen) atoms. The number of terminal acetylenes is 2. The molecule has 1 aromatic heterocycles. The van der Waals surface area contributed by atoms with E-state index >= 15 is 0 Å². The minimum atomic E-state index is -0.0520. The van der Waals surface area contributed by atoms with E-state index in [4.69, 9.17) is 17.2 Å². The summed E-state index contributed by atoms with van der Waals surface area (Å²) in [6.45, 7) is 6.12. The summed E-state index contributed by atoms with van der Waals surface area (Å²) in [4.78, 5) is 19.6. The van der Waals surface area contributed by atoms with Gasteiger partial charge in [0.2, 0.25) is 0 Å². The molecule has 2 aromatic carbocycles. The lowest BCUT2D eigenvalue weighted by atomic mass is 10.0. The molecule has 2 unspecified atom stereocenters. The molecule has 5 nitrogen and oxygen atoms in total. The summed E-state index contributed by atoms with van der Waals surface area (Å²) in [6.07, 6.45) is 12.0. The molecule has 0 aliphatic carbocycles. The van der Waals surface area contributed by atoms with Gasteiger partial charge in [0.25, 0.3) is 0 Å². The van der Waals surface area contributed by atoms with Gasteiger partial charge >= 0.3 is 6.03 Å². The molecule has 6 heteroatoms. The predicted octanol–water partition coefficient (Wildman–Crippen LogP) is 5.40. The minimum absolute atomic E-state index is 0.0468. The molecule has 0 spiro atoms. The smallest absolute Gasteiger partial charge is 0.310 e. The molecule has 1 fully saturated rings. The highest BCUT2D eigenvalue weighted by atomic mass is 32.1. The lowest BCUT2D eigenvalue weighted by Gasteiger charge is -2.42. The van der Waals surface area contributed by atoms with Crippen LogP contribution in [-0.2, 0) is 6.42 Å². The molecule has 0 bridgehead atoms. The molecule has 1 saturated heterocycles. The van der Waals surface area contributed by atoms with Gasteiger partial charge in [0, 0.05) is 36.9 Å². The van der Waals surface area contributed by atoms with Crippen LogP contribution in [0.3, 0.4) is 0 Å². The molecule has 2 atom stereocenters. The SMILES string of the molecule is C#CC(C)CN1CN(CC(C)C#C)C(=O)N(c2snc(Cc3ccccc3)c2-c2ccccc2)C1. The van der Waals surface area contributed by atoms with Gasteiger partial charge in [0.05, 0.1) is 19.0 Å². The van der Waals surface area contributed by atoms with Crippen LogP contribution < -0.4 is 4.90 Å². The number of benzene rings is 2. The maximum absolute atomic E-state index is 13.7. The van der Waals surface area contributed by atoms with Gasteiger partial charge in [0.1, 0.15) is 5.00 Å². The van der Waals surface area contributed by atoms with Crippen molar-refractivity contribution >= 4 is 22.6 Å². The Bertz CT molecular complexity index is 1230. The van der Waals surface area contributed by atoms with Gasteiger partial charge in [-0.3, -0.25) is 9.80 Å². The van der Waals surface area contributed by atoms with Crippen LogP contribution in [0.5, 0.6) is 0 Å². The van der Waals surface area contributed by atoms with Crippen molar-refractivity contribution in [1.82, 2.24) is 14.2 Å². The number of hydrogen-bond acceptors (Lipinski definition) is 4. The van der Waals surface area contributed by atoms with Crippen LogP contribution in [0.1, 0.15) is 25.1 Å². The second kappa shape index (κ2) is 11.2. The molecular weight excluding hydrogens is 452 g/mol. The minimum Gasteiger partial charge on any atom is -0.310 e. The Balaban J connectivity index is 1.75. The van der Waals surface area contributed by atoms with E-state index in [1.54, 1.807) is 0 Å². The van der Waals surface area contributed by atoms with Gasteiger partial charge in [-0.1, -0.05) is 67.6 Å². The first-order chi connectivity index (χ1) is 17.0. The van der Waals surface area contributed by atoms with Crippen LogP contribution in [-0.4, -0.2) is 46.6 Å². The van der Waals surface area contributed by atoms with E-state index in [1.807, 2.05) is 60.0 Å². The number of hydrogen-bond donors (Lipinski definition) is 0. The predicted molar refractivity (Wildman–Crippen MR) is 144 cm³/mol. The van der Waals surface area contributed by atoms with Crippen molar-refractivity contribution in [2.24, 2.45) is 11.8 Å². The molecule has 178 valence electrons. The topological polar surface area (TPSA) is 39.7 Å². The lowest BCUT2D eigenvalue weighted by molar-refractivity contribution is 0.106. The van der Waals surface area contributed by atoms with E-state index in [2.05, 4.69) is 41.0 Å². The second-order valence-corrected chi connectivity index (χ2v) is 9.79. The third-order valence-electron chi connectivity index (χ3n) is 6.08. The van der Waals surface area contributed by atoms with Crippen LogP contribution in [0.15, 0.2) is 60.7 Å². The van der Waals surface area contributed by atoms with E-state index in [0.717, 1.165) is 21.8 Å². The molecule has 0 N–H and O–H groups in total. The van der Waals surface area contributed by atoms with Crippen molar-refractivity contribution in [3.8, 4) is 35.8 Å².